The molecule has 6 aliphatic rings. The second-order valence-corrected chi connectivity index (χ2v) is 14.8. The van der Waals surface area contributed by atoms with Crippen LogP contribution in [0, 0.1) is 46.3 Å². The van der Waals surface area contributed by atoms with Crippen LogP contribution in [0.25, 0.3) is 0 Å². The monoisotopic (exact) mass is 555 g/mol. The van der Waals surface area contributed by atoms with Gasteiger partial charge in [0.15, 0.2) is 0 Å². The maximum atomic E-state index is 12.9. The molecule has 0 bridgehead atoms. The summed E-state index contributed by atoms with van der Waals surface area (Å²) in [7, 11) is 0. The molecule has 12 unspecified atom stereocenters. The number of nitrogens with zero attached hydrogens (tertiary/aromatic N) is 1. The lowest BCUT2D eigenvalue weighted by molar-refractivity contribution is -0.203. The number of allylic oxidation sites excluding steroid dienone is 1. The zero-order valence-corrected chi connectivity index (χ0v) is 25.5. The zero-order chi connectivity index (χ0) is 28.8. The smallest absolute Gasteiger partial charge is 0.302 e. The van der Waals surface area contributed by atoms with E-state index in [0.29, 0.717) is 23.7 Å². The molecule has 5 fully saturated rings. The molecule has 1 amide bonds. The number of esters is 2. The topological polar surface area (TPSA) is 82.1 Å². The number of amides is 1. The minimum atomic E-state index is -0.518. The molecular formula is C33H49NO6. The van der Waals surface area contributed by atoms with E-state index in [-0.39, 0.29) is 58.8 Å². The van der Waals surface area contributed by atoms with E-state index in [9.17, 15) is 14.4 Å². The summed E-state index contributed by atoms with van der Waals surface area (Å²) in [6, 6.07) is 0. The van der Waals surface area contributed by atoms with Crippen LogP contribution in [-0.4, -0.2) is 53.3 Å². The second kappa shape index (κ2) is 9.57. The normalized spacial score (nSPS) is 49.3. The Kier molecular flexibility index (Phi) is 6.76. The van der Waals surface area contributed by atoms with Crippen molar-refractivity contribution >= 4 is 17.8 Å². The number of carbonyl (C=O) groups is 3. The van der Waals surface area contributed by atoms with Crippen molar-refractivity contribution in [2.45, 2.75) is 124 Å². The Bertz CT molecular complexity index is 1120. The second-order valence-electron chi connectivity index (χ2n) is 14.8. The number of hydrogen-bond acceptors (Lipinski definition) is 6. The predicted molar refractivity (Wildman–Crippen MR) is 150 cm³/mol. The van der Waals surface area contributed by atoms with Crippen LogP contribution in [0.5, 0.6) is 0 Å². The fraction of sp³-hybridized carbons (Fsp3) is 0.848. The third-order valence-electron chi connectivity index (χ3n) is 12.6. The van der Waals surface area contributed by atoms with Crippen LogP contribution in [0.1, 0.15) is 99.8 Å². The van der Waals surface area contributed by atoms with Gasteiger partial charge in [0.1, 0.15) is 17.9 Å². The van der Waals surface area contributed by atoms with E-state index < -0.39 is 5.72 Å². The maximum Gasteiger partial charge on any atom is 0.302 e. The molecule has 0 N–H and O–H groups in total. The highest BCUT2D eigenvalue weighted by Gasteiger charge is 2.71. The lowest BCUT2D eigenvalue weighted by Crippen LogP contribution is -2.61. The van der Waals surface area contributed by atoms with Gasteiger partial charge in [0.05, 0.1) is 6.10 Å². The number of rotatable bonds is 2. The third kappa shape index (κ3) is 4.03. The molecule has 2 saturated heterocycles. The molecule has 222 valence electrons. The molecule has 1 spiro atoms. The molecule has 0 aromatic rings. The highest BCUT2D eigenvalue weighted by molar-refractivity contribution is 5.74. The molecule has 0 aromatic heterocycles. The van der Waals surface area contributed by atoms with Crippen LogP contribution in [-0.2, 0) is 28.6 Å². The summed E-state index contributed by atoms with van der Waals surface area (Å²) in [5.41, 5.74) is 0.757. The van der Waals surface area contributed by atoms with Crippen molar-refractivity contribution < 1.29 is 28.6 Å². The molecule has 0 radical (unpaired) electrons. The summed E-state index contributed by atoms with van der Waals surface area (Å²) < 4.78 is 19.0. The van der Waals surface area contributed by atoms with E-state index in [1.165, 1.54) is 12.5 Å². The third-order valence-corrected chi connectivity index (χ3v) is 12.6. The van der Waals surface area contributed by atoms with E-state index >= 15 is 0 Å². The van der Waals surface area contributed by atoms with E-state index in [0.717, 1.165) is 57.9 Å². The Labute approximate surface area is 239 Å². The van der Waals surface area contributed by atoms with Gasteiger partial charge in [0.25, 0.3) is 0 Å². The first-order valence-corrected chi connectivity index (χ1v) is 15.8. The SMILES string of the molecule is CC(=O)OC1CCC2(C)C(=CCC3C2C(OC(C)=O)CC2(C)C3CC3OC4(CCC(C)CN4C(C)=O)C(C)C32)C1. The number of hydrogen-bond donors (Lipinski definition) is 0. The van der Waals surface area contributed by atoms with Crippen LogP contribution in [0.2, 0.25) is 0 Å². The summed E-state index contributed by atoms with van der Waals surface area (Å²) >= 11 is 0. The molecule has 7 heteroatoms. The number of carbonyl (C=O) groups excluding carboxylic acids is 3. The Balaban J connectivity index is 1.34. The average Bonchev–Trinajstić information content (AvgIpc) is 3.30. The standard InChI is InChI=1S/C33H49NO6/c1-18-10-13-33(34(17-18)20(3)35)19(2)29-27(40-33)15-26-25-9-8-23-14-24(38-21(4)36)11-12-31(23,6)30(25)28(39-22(5)37)16-32(26,29)7/h8,18-19,24-30H,9-17H2,1-7H3. The van der Waals surface area contributed by atoms with Crippen molar-refractivity contribution in [1.29, 1.82) is 0 Å². The first-order valence-electron chi connectivity index (χ1n) is 15.8. The van der Waals surface area contributed by atoms with Crippen molar-refractivity contribution in [2.24, 2.45) is 46.3 Å². The predicted octanol–water partition coefficient (Wildman–Crippen LogP) is 5.66. The molecule has 7 nitrogen and oxygen atoms in total. The molecule has 2 aliphatic heterocycles. The van der Waals surface area contributed by atoms with E-state index in [1.807, 2.05) is 0 Å². The van der Waals surface area contributed by atoms with Crippen LogP contribution in [0.4, 0.5) is 0 Å². The molecule has 12 atom stereocenters. The lowest BCUT2D eigenvalue weighted by atomic mass is 9.46. The first kappa shape index (κ1) is 28.2. The summed E-state index contributed by atoms with van der Waals surface area (Å²) in [6.07, 6.45) is 9.71. The van der Waals surface area contributed by atoms with Crippen molar-refractivity contribution in [2.75, 3.05) is 6.54 Å². The van der Waals surface area contributed by atoms with Gasteiger partial charge >= 0.3 is 11.9 Å². The van der Waals surface area contributed by atoms with Crippen LogP contribution < -0.4 is 0 Å². The van der Waals surface area contributed by atoms with Crippen molar-refractivity contribution in [3.05, 3.63) is 11.6 Å². The van der Waals surface area contributed by atoms with Gasteiger partial charge in [-0.1, -0.05) is 39.3 Å². The van der Waals surface area contributed by atoms with Crippen LogP contribution >= 0.6 is 0 Å². The van der Waals surface area contributed by atoms with Crippen LogP contribution in [0.3, 0.4) is 0 Å². The largest absolute Gasteiger partial charge is 0.462 e. The highest BCUT2D eigenvalue weighted by atomic mass is 16.6. The first-order chi connectivity index (χ1) is 18.8. The van der Waals surface area contributed by atoms with E-state index in [1.54, 1.807) is 13.8 Å². The Morgan fingerprint density at radius 1 is 1.00 bits per heavy atom. The molecule has 2 heterocycles. The number of piperidine rings is 1. The minimum absolute atomic E-state index is 0.0307. The van der Waals surface area contributed by atoms with Gasteiger partial charge < -0.3 is 19.1 Å². The summed E-state index contributed by atoms with van der Waals surface area (Å²) in [4.78, 5) is 39.2. The van der Waals surface area contributed by atoms with E-state index in [2.05, 4.69) is 38.7 Å². The Morgan fingerprint density at radius 3 is 2.40 bits per heavy atom. The summed E-state index contributed by atoms with van der Waals surface area (Å²) in [5.74, 6) is 1.87. The van der Waals surface area contributed by atoms with Crippen molar-refractivity contribution in [3.63, 3.8) is 0 Å². The van der Waals surface area contributed by atoms with Gasteiger partial charge in [-0.05, 0) is 79.4 Å². The van der Waals surface area contributed by atoms with Crippen LogP contribution in [0.15, 0.2) is 11.6 Å². The Morgan fingerprint density at radius 2 is 1.73 bits per heavy atom. The fourth-order valence-corrected chi connectivity index (χ4v) is 11.2. The average molecular weight is 556 g/mol. The molecule has 4 aliphatic carbocycles. The molecule has 6 rings (SSSR count). The maximum absolute atomic E-state index is 12.9. The van der Waals surface area contributed by atoms with Gasteiger partial charge in [-0.2, -0.15) is 0 Å². The lowest BCUT2D eigenvalue weighted by Gasteiger charge is -2.60. The fourth-order valence-electron chi connectivity index (χ4n) is 11.2. The van der Waals surface area contributed by atoms with Gasteiger partial charge in [-0.3, -0.25) is 14.4 Å². The van der Waals surface area contributed by atoms with E-state index in [4.69, 9.17) is 14.2 Å². The molecular weight excluding hydrogens is 506 g/mol. The highest BCUT2D eigenvalue weighted by Crippen LogP contribution is 2.71. The quantitative estimate of drug-likeness (QED) is 0.323. The number of ether oxygens (including phenoxy) is 3. The summed E-state index contributed by atoms with van der Waals surface area (Å²) in [6.45, 7) is 14.9. The minimum Gasteiger partial charge on any atom is -0.462 e. The molecule has 0 aromatic carbocycles. The molecule has 3 saturated carbocycles. The molecule has 40 heavy (non-hydrogen) atoms. The van der Waals surface area contributed by atoms with Gasteiger partial charge in [-0.15, -0.1) is 0 Å². The van der Waals surface area contributed by atoms with Crippen molar-refractivity contribution in [1.82, 2.24) is 4.90 Å². The number of fused-ring (bicyclic) bond motifs is 7. The van der Waals surface area contributed by atoms with Gasteiger partial charge in [0.2, 0.25) is 5.91 Å². The summed E-state index contributed by atoms with van der Waals surface area (Å²) in [5, 5.41) is 0. The Hall–Kier alpha value is -1.89. The van der Waals surface area contributed by atoms with Gasteiger partial charge in [-0.25, -0.2) is 0 Å². The zero-order valence-electron chi connectivity index (χ0n) is 25.5. The van der Waals surface area contributed by atoms with Gasteiger partial charge in [0, 0.05) is 45.6 Å². The number of likely N-dealkylation sites (tertiary alicyclic amines) is 1. The van der Waals surface area contributed by atoms with Crippen molar-refractivity contribution in [3.8, 4) is 0 Å².